The number of amides is 1. The van der Waals surface area contributed by atoms with Gasteiger partial charge in [0.1, 0.15) is 17.5 Å². The lowest BCUT2D eigenvalue weighted by atomic mass is 9.90. The molecule has 1 aliphatic heterocycles. The Labute approximate surface area is 214 Å². The lowest BCUT2D eigenvalue weighted by Crippen LogP contribution is -2.40. The molecule has 2 unspecified atom stereocenters. The lowest BCUT2D eigenvalue weighted by Gasteiger charge is -2.22. The van der Waals surface area contributed by atoms with E-state index in [1.54, 1.807) is 19.5 Å². The normalized spacial score (nSPS) is 19.0. The third-order valence-corrected chi connectivity index (χ3v) is 6.46. The largest absolute Gasteiger partial charge is 0.495 e. The molecule has 2 atom stereocenters. The van der Waals surface area contributed by atoms with Crippen molar-refractivity contribution in [3.05, 3.63) is 77.9 Å². The number of likely N-dealkylation sites (tertiary alicyclic amines) is 1. The van der Waals surface area contributed by atoms with Crippen LogP contribution in [-0.4, -0.2) is 65.0 Å². The molecule has 4 rings (SSSR count). The Bertz CT molecular complexity index is 1270. The summed E-state index contributed by atoms with van der Waals surface area (Å²) in [4.78, 5) is 23.2. The van der Waals surface area contributed by atoms with E-state index in [0.717, 1.165) is 16.9 Å². The van der Waals surface area contributed by atoms with Crippen LogP contribution in [0, 0.1) is 6.92 Å². The number of hydrogen-bond donors (Lipinski definition) is 1. The van der Waals surface area contributed by atoms with Crippen molar-refractivity contribution >= 4 is 17.8 Å². The van der Waals surface area contributed by atoms with Crippen molar-refractivity contribution in [1.29, 1.82) is 0 Å². The number of hydrogen-bond acceptors (Lipinski definition) is 6. The van der Waals surface area contributed by atoms with Gasteiger partial charge in [-0.25, -0.2) is 13.8 Å². The molecule has 0 radical (unpaired) electrons. The monoisotopic (exact) mass is 508 g/mol. The molecule has 2 heterocycles. The van der Waals surface area contributed by atoms with E-state index in [2.05, 4.69) is 15.1 Å². The van der Waals surface area contributed by atoms with Crippen LogP contribution in [0.5, 0.6) is 5.75 Å². The Morgan fingerprint density at radius 1 is 1.27 bits per heavy atom. The van der Waals surface area contributed by atoms with Gasteiger partial charge in [-0.1, -0.05) is 36.4 Å². The summed E-state index contributed by atoms with van der Waals surface area (Å²) in [6, 6.07) is 14.4. The molecular weight excluding hydrogens is 478 g/mol. The molecule has 1 amide bonds. The van der Waals surface area contributed by atoms with Gasteiger partial charge in [-0.15, -0.1) is 0 Å². The van der Waals surface area contributed by atoms with Gasteiger partial charge in [0.15, 0.2) is 0 Å². The zero-order chi connectivity index (χ0) is 26.4. The van der Waals surface area contributed by atoms with E-state index in [9.17, 15) is 13.6 Å². The average molecular weight is 509 g/mol. The third kappa shape index (κ3) is 6.19. The van der Waals surface area contributed by atoms with E-state index in [1.165, 1.54) is 11.1 Å². The van der Waals surface area contributed by atoms with Gasteiger partial charge < -0.3 is 20.0 Å². The van der Waals surface area contributed by atoms with E-state index >= 15 is 0 Å². The summed E-state index contributed by atoms with van der Waals surface area (Å²) < 4.78 is 33.8. The number of methoxy groups -OCH3 is 1. The molecule has 1 aliphatic rings. The standard InChI is InChI=1S/C27H30F2N6O2/c1-18-15-35(17-32-18)24-9-8-21(13-25(24)37-2)23(33-30)14-31-22-12-20(19-6-4-3-5-7-19)10-11-34(27(22)36)16-26(28)29/h3-9,13-15,17,20,22,26H,10-12,16,30H2,1-2H3/b31-14?,33-23+. The predicted octanol–water partition coefficient (Wildman–Crippen LogP) is 3.96. The number of alkyl halides is 2. The highest BCUT2D eigenvalue weighted by molar-refractivity contribution is 6.38. The van der Waals surface area contributed by atoms with Crippen LogP contribution < -0.4 is 10.6 Å². The quantitative estimate of drug-likeness (QED) is 0.283. The van der Waals surface area contributed by atoms with Crippen LogP contribution in [-0.2, 0) is 4.79 Å². The summed E-state index contributed by atoms with van der Waals surface area (Å²) in [7, 11) is 1.56. The smallest absolute Gasteiger partial charge is 0.255 e. The molecule has 0 spiro atoms. The number of hydrazone groups is 1. The second kappa shape index (κ2) is 11.8. The summed E-state index contributed by atoms with van der Waals surface area (Å²) in [5.41, 5.74) is 3.67. The summed E-state index contributed by atoms with van der Waals surface area (Å²) in [5, 5.41) is 3.87. The number of imidazole rings is 1. The van der Waals surface area contributed by atoms with E-state index in [-0.39, 0.29) is 12.5 Å². The minimum absolute atomic E-state index is 0.00579. The van der Waals surface area contributed by atoms with Crippen molar-refractivity contribution in [2.45, 2.75) is 38.2 Å². The SMILES string of the molecule is COc1cc(/C(C=NC2CC(c3ccccc3)CCN(CC(F)F)C2=O)=N/N)ccc1-n1cnc(C)c1. The first-order valence-corrected chi connectivity index (χ1v) is 12.0. The van der Waals surface area contributed by atoms with Crippen molar-refractivity contribution in [2.24, 2.45) is 15.9 Å². The number of rotatable bonds is 8. The van der Waals surface area contributed by atoms with Crippen molar-refractivity contribution in [3.63, 3.8) is 0 Å². The Kier molecular flexibility index (Phi) is 8.27. The zero-order valence-electron chi connectivity index (χ0n) is 20.8. The first kappa shape index (κ1) is 26.0. The summed E-state index contributed by atoms with van der Waals surface area (Å²) >= 11 is 0. The number of nitrogens with two attached hydrogens (primary N) is 1. The van der Waals surface area contributed by atoms with Gasteiger partial charge in [-0.3, -0.25) is 9.79 Å². The maximum Gasteiger partial charge on any atom is 0.255 e. The second-order valence-electron chi connectivity index (χ2n) is 8.92. The van der Waals surface area contributed by atoms with Gasteiger partial charge in [0, 0.05) is 18.3 Å². The Balaban J connectivity index is 1.61. The first-order chi connectivity index (χ1) is 17.9. The number of ether oxygens (including phenoxy) is 1. The van der Waals surface area contributed by atoms with Crippen LogP contribution in [0.2, 0.25) is 0 Å². The van der Waals surface area contributed by atoms with Crippen molar-refractivity contribution in [2.75, 3.05) is 20.2 Å². The van der Waals surface area contributed by atoms with Crippen molar-refractivity contribution < 1.29 is 18.3 Å². The topological polar surface area (TPSA) is 98.1 Å². The van der Waals surface area contributed by atoms with Crippen LogP contribution in [0.1, 0.15) is 35.6 Å². The molecule has 10 heteroatoms. The van der Waals surface area contributed by atoms with Gasteiger partial charge in [0.05, 0.1) is 37.6 Å². The molecule has 2 N–H and O–H groups in total. The average Bonchev–Trinajstić information content (AvgIpc) is 3.28. The number of aryl methyl sites for hydroxylation is 1. The summed E-state index contributed by atoms with van der Waals surface area (Å²) in [6.45, 7) is 1.53. The van der Waals surface area contributed by atoms with Gasteiger partial charge >= 0.3 is 0 Å². The van der Waals surface area contributed by atoms with Crippen molar-refractivity contribution in [1.82, 2.24) is 14.5 Å². The van der Waals surface area contributed by atoms with Crippen LogP contribution in [0.3, 0.4) is 0 Å². The molecule has 0 aliphatic carbocycles. The highest BCUT2D eigenvalue weighted by Gasteiger charge is 2.33. The van der Waals surface area contributed by atoms with E-state index in [4.69, 9.17) is 10.6 Å². The highest BCUT2D eigenvalue weighted by Crippen LogP contribution is 2.30. The van der Waals surface area contributed by atoms with Gasteiger partial charge in [-0.2, -0.15) is 5.10 Å². The summed E-state index contributed by atoms with van der Waals surface area (Å²) in [6.07, 6.45) is 3.37. The molecular formula is C27H30F2N6O2. The minimum atomic E-state index is -2.62. The first-order valence-electron chi connectivity index (χ1n) is 12.0. The van der Waals surface area contributed by atoms with Crippen LogP contribution in [0.15, 0.2) is 71.1 Å². The van der Waals surface area contributed by atoms with Gasteiger partial charge in [0.2, 0.25) is 5.91 Å². The van der Waals surface area contributed by atoms with Gasteiger partial charge in [0.25, 0.3) is 6.43 Å². The number of aliphatic imine (C=N–C) groups is 1. The Morgan fingerprint density at radius 3 is 2.70 bits per heavy atom. The number of carbonyl (C=O) groups is 1. The van der Waals surface area contributed by atoms with E-state index < -0.39 is 24.9 Å². The Morgan fingerprint density at radius 2 is 2.05 bits per heavy atom. The van der Waals surface area contributed by atoms with Gasteiger partial charge in [-0.05, 0) is 43.4 Å². The number of benzene rings is 2. The second-order valence-corrected chi connectivity index (χ2v) is 8.92. The fraction of sp³-hybridized carbons (Fsp3) is 0.333. The molecule has 3 aromatic rings. The lowest BCUT2D eigenvalue weighted by molar-refractivity contribution is -0.133. The number of nitrogens with zero attached hydrogens (tertiary/aromatic N) is 5. The van der Waals surface area contributed by atoms with Crippen LogP contribution in [0.4, 0.5) is 8.78 Å². The number of aromatic nitrogens is 2. The van der Waals surface area contributed by atoms with E-state index in [1.807, 2.05) is 60.2 Å². The molecule has 0 bridgehead atoms. The molecule has 8 nitrogen and oxygen atoms in total. The molecule has 1 fully saturated rings. The molecule has 194 valence electrons. The maximum absolute atomic E-state index is 13.2. The van der Waals surface area contributed by atoms with E-state index in [0.29, 0.717) is 29.9 Å². The fourth-order valence-corrected chi connectivity index (χ4v) is 4.57. The van der Waals surface area contributed by atoms with Crippen molar-refractivity contribution in [3.8, 4) is 11.4 Å². The molecule has 2 aromatic carbocycles. The molecule has 1 saturated heterocycles. The zero-order valence-corrected chi connectivity index (χ0v) is 20.8. The highest BCUT2D eigenvalue weighted by atomic mass is 19.3. The fourth-order valence-electron chi connectivity index (χ4n) is 4.57. The summed E-state index contributed by atoms with van der Waals surface area (Å²) in [5.74, 6) is 5.84. The maximum atomic E-state index is 13.2. The van der Waals surface area contributed by atoms with Crippen LogP contribution in [0.25, 0.3) is 5.69 Å². The number of carbonyl (C=O) groups excluding carboxylic acids is 1. The predicted molar refractivity (Wildman–Crippen MR) is 139 cm³/mol. The molecule has 1 aromatic heterocycles. The number of halogens is 2. The molecule has 0 saturated carbocycles. The van der Waals surface area contributed by atoms with Crippen LogP contribution >= 0.6 is 0 Å². The molecule has 37 heavy (non-hydrogen) atoms. The third-order valence-electron chi connectivity index (χ3n) is 6.46. The Hall–Kier alpha value is -4.08. The minimum Gasteiger partial charge on any atom is -0.495 e.